The fraction of sp³-hybridized carbons (Fsp3) is 0.259. The number of likely N-dealkylation sites (N-methyl/N-ethyl adjacent to an activating group) is 1. The summed E-state index contributed by atoms with van der Waals surface area (Å²) in [6.07, 6.45) is 1.42. The van der Waals surface area contributed by atoms with Crippen molar-refractivity contribution in [3.63, 3.8) is 0 Å². The van der Waals surface area contributed by atoms with Crippen LogP contribution in [0.1, 0.15) is 41.7 Å². The molecule has 5 rings (SSSR count). The molecule has 0 aliphatic carbocycles. The number of benzene rings is 2. The summed E-state index contributed by atoms with van der Waals surface area (Å²) in [7, 11) is 1.64. The van der Waals surface area contributed by atoms with Crippen LogP contribution in [0.4, 0.5) is 5.69 Å². The SMILES string of the molecule is CN1C(=O)C(c2ccc(N3CCCC3=O)cc2)[C@@](C)(c2ccc(-c3cccc(C#N)c3)s2)N=C1N. The summed E-state index contributed by atoms with van der Waals surface area (Å²) < 4.78 is 0. The number of rotatable bonds is 4. The van der Waals surface area contributed by atoms with Crippen LogP contribution in [0.25, 0.3) is 10.4 Å². The molecule has 1 aromatic heterocycles. The van der Waals surface area contributed by atoms with Gasteiger partial charge in [0.1, 0.15) is 5.54 Å². The lowest BCUT2D eigenvalue weighted by Crippen LogP contribution is -2.52. The first kappa shape index (κ1) is 22.8. The Morgan fingerprint density at radius 3 is 2.60 bits per heavy atom. The number of nitrogens with zero attached hydrogens (tertiary/aromatic N) is 4. The van der Waals surface area contributed by atoms with Crippen molar-refractivity contribution < 1.29 is 9.59 Å². The Morgan fingerprint density at radius 1 is 1.14 bits per heavy atom. The number of nitriles is 1. The predicted octanol–water partition coefficient (Wildman–Crippen LogP) is 4.20. The third-order valence-corrected chi connectivity index (χ3v) is 8.18. The molecule has 7 nitrogen and oxygen atoms in total. The predicted molar refractivity (Wildman–Crippen MR) is 137 cm³/mol. The molecule has 0 saturated carbocycles. The molecule has 0 radical (unpaired) electrons. The van der Waals surface area contributed by atoms with Crippen LogP contribution in [0.15, 0.2) is 65.7 Å². The topological polar surface area (TPSA) is 103 Å². The van der Waals surface area contributed by atoms with Crippen molar-refractivity contribution in [3.05, 3.63) is 76.7 Å². The van der Waals surface area contributed by atoms with Crippen LogP contribution in [-0.4, -0.2) is 36.3 Å². The molecule has 0 bridgehead atoms. The monoisotopic (exact) mass is 483 g/mol. The number of nitrogens with two attached hydrogens (primary N) is 1. The lowest BCUT2D eigenvalue weighted by molar-refractivity contribution is -0.130. The first-order valence-corrected chi connectivity index (χ1v) is 12.3. The quantitative estimate of drug-likeness (QED) is 0.601. The minimum atomic E-state index is -0.908. The van der Waals surface area contributed by atoms with Gasteiger partial charge in [-0.3, -0.25) is 14.5 Å². The molecular formula is C27H25N5O2S. The van der Waals surface area contributed by atoms with Crippen molar-refractivity contribution in [2.45, 2.75) is 31.2 Å². The summed E-state index contributed by atoms with van der Waals surface area (Å²) >= 11 is 1.54. The molecular weight excluding hydrogens is 458 g/mol. The Labute approximate surface area is 208 Å². The molecule has 1 fully saturated rings. The van der Waals surface area contributed by atoms with Crippen LogP contribution in [0, 0.1) is 11.3 Å². The lowest BCUT2D eigenvalue weighted by Gasteiger charge is -2.40. The van der Waals surface area contributed by atoms with Crippen molar-refractivity contribution in [2.75, 3.05) is 18.5 Å². The Morgan fingerprint density at radius 2 is 1.91 bits per heavy atom. The van der Waals surface area contributed by atoms with Crippen molar-refractivity contribution in [3.8, 4) is 16.5 Å². The van der Waals surface area contributed by atoms with Gasteiger partial charge in [-0.15, -0.1) is 11.3 Å². The first-order chi connectivity index (χ1) is 16.8. The smallest absolute Gasteiger partial charge is 0.239 e. The number of thiophene rings is 1. The summed E-state index contributed by atoms with van der Waals surface area (Å²) in [5.74, 6) is -0.416. The van der Waals surface area contributed by atoms with Crippen LogP contribution >= 0.6 is 11.3 Å². The van der Waals surface area contributed by atoms with Gasteiger partial charge in [0, 0.05) is 35.5 Å². The van der Waals surface area contributed by atoms with Gasteiger partial charge in [0.15, 0.2) is 5.96 Å². The van der Waals surface area contributed by atoms with Gasteiger partial charge in [-0.25, -0.2) is 4.99 Å². The van der Waals surface area contributed by atoms with Crippen LogP contribution in [0.3, 0.4) is 0 Å². The minimum absolute atomic E-state index is 0.125. The van der Waals surface area contributed by atoms with Gasteiger partial charge >= 0.3 is 0 Å². The Balaban J connectivity index is 1.55. The van der Waals surface area contributed by atoms with E-state index in [1.807, 2.05) is 61.5 Å². The highest BCUT2D eigenvalue weighted by molar-refractivity contribution is 7.15. The molecule has 2 atom stereocenters. The molecule has 35 heavy (non-hydrogen) atoms. The fourth-order valence-corrected chi connectivity index (χ4v) is 5.99. The van der Waals surface area contributed by atoms with Crippen molar-refractivity contribution in [1.29, 1.82) is 5.26 Å². The number of anilines is 1. The molecule has 8 heteroatoms. The number of carbonyl (C=O) groups is 2. The van der Waals surface area contributed by atoms with E-state index in [4.69, 9.17) is 10.7 Å². The number of hydrogen-bond donors (Lipinski definition) is 1. The average Bonchev–Trinajstić information content (AvgIpc) is 3.53. The summed E-state index contributed by atoms with van der Waals surface area (Å²) in [5.41, 5.74) is 8.46. The second-order valence-corrected chi connectivity index (χ2v) is 10.1. The van der Waals surface area contributed by atoms with E-state index < -0.39 is 11.5 Å². The first-order valence-electron chi connectivity index (χ1n) is 11.5. The Kier molecular flexibility index (Phi) is 5.65. The largest absolute Gasteiger partial charge is 0.369 e. The standard InChI is InChI=1S/C27H25N5O2S/c1-27(22-13-12-21(35-22)19-6-3-5-17(15-19)16-28)24(25(34)31(2)26(29)30-27)18-8-10-20(11-9-18)32-14-4-7-23(32)33/h3,5-6,8-13,15,24H,4,7,14H2,1-2H3,(H2,29,30)/t24?,27-/m1/s1. The number of amides is 2. The Bertz CT molecular complexity index is 1390. The summed E-state index contributed by atoms with van der Waals surface area (Å²) in [6.45, 7) is 2.65. The maximum absolute atomic E-state index is 13.5. The summed E-state index contributed by atoms with van der Waals surface area (Å²) in [6, 6.07) is 21.2. The maximum Gasteiger partial charge on any atom is 0.239 e. The highest BCUT2D eigenvalue weighted by Gasteiger charge is 2.48. The van der Waals surface area contributed by atoms with Gasteiger partial charge < -0.3 is 10.6 Å². The van der Waals surface area contributed by atoms with E-state index >= 15 is 0 Å². The van der Waals surface area contributed by atoms with Gasteiger partial charge in [0.25, 0.3) is 0 Å². The van der Waals surface area contributed by atoms with Crippen LogP contribution in [-0.2, 0) is 15.1 Å². The highest BCUT2D eigenvalue weighted by Crippen LogP contribution is 2.47. The zero-order valence-electron chi connectivity index (χ0n) is 19.6. The molecule has 2 aromatic carbocycles. The van der Waals surface area contributed by atoms with Crippen LogP contribution in [0.5, 0.6) is 0 Å². The van der Waals surface area contributed by atoms with Gasteiger partial charge in [-0.05, 0) is 60.9 Å². The van der Waals surface area contributed by atoms with E-state index in [1.165, 1.54) is 4.90 Å². The number of guanidine groups is 1. The van der Waals surface area contributed by atoms with Gasteiger partial charge in [-0.2, -0.15) is 5.26 Å². The maximum atomic E-state index is 13.5. The molecule has 2 N–H and O–H groups in total. The van der Waals surface area contributed by atoms with E-state index in [0.717, 1.165) is 33.0 Å². The van der Waals surface area contributed by atoms with Gasteiger partial charge in [-0.1, -0.05) is 24.3 Å². The second kappa shape index (κ2) is 8.67. The zero-order valence-corrected chi connectivity index (χ0v) is 20.4. The van der Waals surface area contributed by atoms with Crippen LogP contribution < -0.4 is 10.6 Å². The summed E-state index contributed by atoms with van der Waals surface area (Å²) in [5, 5.41) is 9.26. The summed E-state index contributed by atoms with van der Waals surface area (Å²) in [4.78, 5) is 35.6. The molecule has 2 aliphatic heterocycles. The molecule has 0 spiro atoms. The van der Waals surface area contributed by atoms with E-state index in [9.17, 15) is 14.9 Å². The lowest BCUT2D eigenvalue weighted by atomic mass is 9.77. The minimum Gasteiger partial charge on any atom is -0.369 e. The van der Waals surface area contributed by atoms with Gasteiger partial charge in [0.05, 0.1) is 17.6 Å². The number of hydrogen-bond acceptors (Lipinski definition) is 6. The van der Waals surface area contributed by atoms with E-state index in [-0.39, 0.29) is 17.8 Å². The fourth-order valence-electron chi connectivity index (χ4n) is 4.86. The molecule has 176 valence electrons. The van der Waals surface area contributed by atoms with Crippen molar-refractivity contribution >= 4 is 34.8 Å². The molecule has 1 saturated heterocycles. The molecule has 3 heterocycles. The number of aliphatic imine (C=N–C) groups is 1. The molecule has 2 amide bonds. The van der Waals surface area contributed by atoms with Gasteiger partial charge in [0.2, 0.25) is 11.8 Å². The molecule has 1 unspecified atom stereocenters. The third-order valence-electron chi connectivity index (χ3n) is 6.82. The molecule has 2 aliphatic rings. The zero-order chi connectivity index (χ0) is 24.7. The van der Waals surface area contributed by atoms with Crippen LogP contribution in [0.2, 0.25) is 0 Å². The second-order valence-electron chi connectivity index (χ2n) is 9.04. The number of carbonyl (C=O) groups excluding carboxylic acids is 2. The average molecular weight is 484 g/mol. The van der Waals surface area contributed by atoms with E-state index in [1.54, 1.807) is 29.4 Å². The van der Waals surface area contributed by atoms with E-state index in [2.05, 4.69) is 6.07 Å². The highest BCUT2D eigenvalue weighted by atomic mass is 32.1. The van der Waals surface area contributed by atoms with Crippen molar-refractivity contribution in [2.24, 2.45) is 10.7 Å². The normalized spacial score (nSPS) is 22.3. The van der Waals surface area contributed by atoms with Crippen molar-refractivity contribution in [1.82, 2.24) is 4.90 Å². The Hall–Kier alpha value is -3.96. The van der Waals surface area contributed by atoms with E-state index in [0.29, 0.717) is 18.5 Å². The third kappa shape index (κ3) is 3.88. The molecule has 3 aromatic rings.